The highest BCUT2D eigenvalue weighted by Gasteiger charge is 2.36. The molecule has 11 nitrogen and oxygen atoms in total. The van der Waals surface area contributed by atoms with Crippen LogP contribution in [0.5, 0.6) is 0 Å². The topological polar surface area (TPSA) is 114 Å². The molecular formula is C36H50N6O5S. The van der Waals surface area contributed by atoms with E-state index in [0.717, 1.165) is 29.7 Å². The molecule has 12 heteroatoms. The van der Waals surface area contributed by atoms with Crippen LogP contribution in [0, 0.1) is 19.8 Å². The first kappa shape index (κ1) is 34.4. The van der Waals surface area contributed by atoms with Crippen molar-refractivity contribution in [2.75, 3.05) is 63.9 Å². The van der Waals surface area contributed by atoms with Crippen molar-refractivity contribution in [2.24, 2.45) is 5.92 Å². The van der Waals surface area contributed by atoms with Crippen molar-refractivity contribution < 1.29 is 22.8 Å². The number of rotatable bonds is 8. The van der Waals surface area contributed by atoms with E-state index < -0.39 is 15.9 Å². The Morgan fingerprint density at radius 2 is 1.48 bits per heavy atom. The summed E-state index contributed by atoms with van der Waals surface area (Å²) in [6, 6.07) is 14.5. The number of urea groups is 1. The van der Waals surface area contributed by atoms with E-state index in [-0.39, 0.29) is 30.3 Å². The van der Waals surface area contributed by atoms with Gasteiger partial charge in [-0.25, -0.2) is 13.2 Å². The minimum absolute atomic E-state index is 0.00251. The van der Waals surface area contributed by atoms with Gasteiger partial charge in [0.05, 0.1) is 12.2 Å². The van der Waals surface area contributed by atoms with Crippen LogP contribution in [0.4, 0.5) is 10.5 Å². The number of para-hydroxylation sites is 1. The molecule has 3 saturated heterocycles. The summed E-state index contributed by atoms with van der Waals surface area (Å²) in [5.74, 6) is -0.403. The summed E-state index contributed by atoms with van der Waals surface area (Å²) < 4.78 is 25.4. The number of benzene rings is 2. The lowest BCUT2D eigenvalue weighted by atomic mass is 9.91. The second-order valence-electron chi connectivity index (χ2n) is 14.1. The van der Waals surface area contributed by atoms with Crippen molar-refractivity contribution in [3.63, 3.8) is 0 Å². The Kier molecular flexibility index (Phi) is 10.4. The average molecular weight is 679 g/mol. The smallest absolute Gasteiger partial charge is 0.322 e. The third-order valence-corrected chi connectivity index (χ3v) is 12.3. The number of amides is 4. The lowest BCUT2D eigenvalue weighted by Gasteiger charge is -2.43. The van der Waals surface area contributed by atoms with E-state index >= 15 is 0 Å². The van der Waals surface area contributed by atoms with Gasteiger partial charge in [-0.15, -0.1) is 0 Å². The number of fused-ring (bicyclic) bond motifs is 1. The Bertz CT molecular complexity index is 1610. The molecule has 0 bridgehead atoms. The fourth-order valence-electron chi connectivity index (χ4n) is 7.86. The van der Waals surface area contributed by atoms with Gasteiger partial charge < -0.3 is 20.0 Å². The van der Waals surface area contributed by atoms with Gasteiger partial charge in [-0.05, 0) is 74.3 Å². The molecule has 6 rings (SSSR count). The van der Waals surface area contributed by atoms with Crippen LogP contribution in [0.25, 0.3) is 0 Å². The maximum Gasteiger partial charge on any atom is 0.322 e. The number of hydrogen-bond acceptors (Lipinski definition) is 6. The molecule has 1 N–H and O–H groups in total. The summed E-state index contributed by atoms with van der Waals surface area (Å²) in [5, 5.41) is 3.01. The van der Waals surface area contributed by atoms with E-state index in [1.54, 1.807) is 4.31 Å². The van der Waals surface area contributed by atoms with Gasteiger partial charge in [-0.3, -0.25) is 14.5 Å². The molecule has 2 aromatic carbocycles. The van der Waals surface area contributed by atoms with Crippen LogP contribution in [0.2, 0.25) is 0 Å². The number of hydrogen-bond donors (Lipinski definition) is 1. The summed E-state index contributed by atoms with van der Waals surface area (Å²) in [7, 11) is -3.17. The van der Waals surface area contributed by atoms with Crippen LogP contribution < -0.4 is 5.32 Å². The van der Waals surface area contributed by atoms with E-state index in [1.807, 2.05) is 39.0 Å². The van der Waals surface area contributed by atoms with Crippen molar-refractivity contribution in [3.05, 3.63) is 64.7 Å². The molecule has 260 valence electrons. The summed E-state index contributed by atoms with van der Waals surface area (Å²) in [4.78, 5) is 48.9. The van der Waals surface area contributed by atoms with Crippen molar-refractivity contribution in [1.29, 1.82) is 0 Å². The van der Waals surface area contributed by atoms with Crippen LogP contribution >= 0.6 is 0 Å². The van der Waals surface area contributed by atoms with E-state index in [9.17, 15) is 22.8 Å². The minimum atomic E-state index is -3.17. The fourth-order valence-corrected chi connectivity index (χ4v) is 8.68. The van der Waals surface area contributed by atoms with Crippen molar-refractivity contribution in [3.8, 4) is 0 Å². The highest BCUT2D eigenvalue weighted by molar-refractivity contribution is 7.88. The largest absolute Gasteiger partial charge is 0.343 e. The van der Waals surface area contributed by atoms with Gasteiger partial charge in [0.15, 0.2) is 0 Å². The number of likely N-dealkylation sites (tertiary alicyclic amines) is 2. The number of sulfonamides is 1. The molecule has 2 aromatic rings. The number of carbonyl (C=O) groups is 3. The van der Waals surface area contributed by atoms with Crippen molar-refractivity contribution >= 4 is 33.6 Å². The number of piperidine rings is 2. The van der Waals surface area contributed by atoms with Crippen molar-refractivity contribution in [2.45, 2.75) is 71.0 Å². The van der Waals surface area contributed by atoms with Gasteiger partial charge in [-0.2, -0.15) is 4.31 Å². The third-order valence-electron chi connectivity index (χ3n) is 11.0. The summed E-state index contributed by atoms with van der Waals surface area (Å²) in [6.45, 7) is 9.57. The summed E-state index contributed by atoms with van der Waals surface area (Å²) in [6.07, 6.45) is 5.06. The molecule has 0 radical (unpaired) electrons. The highest BCUT2D eigenvalue weighted by Crippen LogP contribution is 2.29. The number of aryl methyl sites for hydroxylation is 2. The second kappa shape index (κ2) is 14.6. The van der Waals surface area contributed by atoms with Gasteiger partial charge in [0.1, 0.15) is 0 Å². The lowest BCUT2D eigenvalue weighted by Crippen LogP contribution is -2.55. The second-order valence-corrected chi connectivity index (χ2v) is 16.1. The maximum atomic E-state index is 14.1. The quantitative estimate of drug-likeness (QED) is 0.458. The van der Waals surface area contributed by atoms with Crippen LogP contribution in [0.15, 0.2) is 42.5 Å². The van der Waals surface area contributed by atoms with E-state index in [1.165, 1.54) is 17.4 Å². The van der Waals surface area contributed by atoms with Gasteiger partial charge in [-0.1, -0.05) is 36.4 Å². The molecule has 1 unspecified atom stereocenters. The SMILES string of the molecule is Cc1ccc(CC(CC(=O)N2CCC(N3Cc4ccccc4NC3=O)CC2)C(=O)N2CCC(N3CCN(S(C)(=O)=O)CC3)CC2)cc1C. The summed E-state index contributed by atoms with van der Waals surface area (Å²) in [5.41, 5.74) is 5.40. The zero-order chi connectivity index (χ0) is 34.0. The average Bonchev–Trinajstić information content (AvgIpc) is 3.09. The van der Waals surface area contributed by atoms with Crippen LogP contribution in [0.3, 0.4) is 0 Å². The predicted molar refractivity (Wildman–Crippen MR) is 186 cm³/mol. The van der Waals surface area contributed by atoms with E-state index in [4.69, 9.17) is 0 Å². The minimum Gasteiger partial charge on any atom is -0.343 e. The molecule has 4 aliphatic rings. The number of carbonyl (C=O) groups excluding carboxylic acids is 3. The Balaban J connectivity index is 1.06. The first-order chi connectivity index (χ1) is 23.0. The Hall–Kier alpha value is -3.48. The van der Waals surface area contributed by atoms with Crippen LogP contribution in [-0.2, 0) is 32.6 Å². The Morgan fingerprint density at radius 1 is 0.833 bits per heavy atom. The highest BCUT2D eigenvalue weighted by atomic mass is 32.2. The van der Waals surface area contributed by atoms with Gasteiger partial charge in [0, 0.05) is 83.1 Å². The molecule has 0 spiro atoms. The number of piperazine rings is 1. The Morgan fingerprint density at radius 3 is 2.15 bits per heavy atom. The summed E-state index contributed by atoms with van der Waals surface area (Å²) >= 11 is 0. The number of nitrogens with one attached hydrogen (secondary N) is 1. The Labute approximate surface area is 285 Å². The molecular weight excluding hydrogens is 629 g/mol. The molecule has 3 fully saturated rings. The molecule has 48 heavy (non-hydrogen) atoms. The third kappa shape index (κ3) is 7.87. The zero-order valence-electron chi connectivity index (χ0n) is 28.6. The molecule has 4 aliphatic heterocycles. The molecule has 0 aromatic heterocycles. The first-order valence-corrected chi connectivity index (χ1v) is 19.3. The fraction of sp³-hybridized carbons (Fsp3) is 0.583. The van der Waals surface area contributed by atoms with Gasteiger partial charge >= 0.3 is 6.03 Å². The predicted octanol–water partition coefficient (Wildman–Crippen LogP) is 3.46. The maximum absolute atomic E-state index is 14.1. The van der Waals surface area contributed by atoms with E-state index in [2.05, 4.69) is 42.3 Å². The molecule has 4 amide bonds. The molecule has 1 atom stereocenters. The molecule has 4 heterocycles. The van der Waals surface area contributed by atoms with Gasteiger partial charge in [0.25, 0.3) is 0 Å². The normalized spacial score (nSPS) is 21.1. The zero-order valence-corrected chi connectivity index (χ0v) is 29.4. The van der Waals surface area contributed by atoms with Crippen molar-refractivity contribution in [1.82, 2.24) is 23.9 Å². The number of nitrogens with zero attached hydrogens (tertiary/aromatic N) is 5. The number of anilines is 1. The van der Waals surface area contributed by atoms with Crippen LogP contribution in [-0.4, -0.2) is 121 Å². The standard InChI is InChI=1S/C36H50N6O5S/c1-26-8-9-28(22-27(26)2)23-30(35(44)40-16-10-31(11-17-40)38-18-20-41(21-19-38)48(3,46)47)24-34(43)39-14-12-32(13-15-39)42-25-29-6-4-5-7-33(29)37-36(42)45/h4-9,22,30-32H,10-21,23-25H2,1-3H3,(H,37,45). The lowest BCUT2D eigenvalue weighted by molar-refractivity contribution is -0.143. The first-order valence-electron chi connectivity index (χ1n) is 17.4. The monoisotopic (exact) mass is 678 g/mol. The molecule has 0 aliphatic carbocycles. The molecule has 0 saturated carbocycles. The van der Waals surface area contributed by atoms with Crippen LogP contribution in [0.1, 0.15) is 54.4 Å². The van der Waals surface area contributed by atoms with Gasteiger partial charge in [0.2, 0.25) is 21.8 Å². The van der Waals surface area contributed by atoms with E-state index in [0.29, 0.717) is 84.2 Å².